The molecule has 0 saturated carbocycles. The van der Waals surface area contributed by atoms with Crippen LogP contribution in [0.1, 0.15) is 27.8 Å². The quantitative estimate of drug-likeness (QED) is 0.439. The van der Waals surface area contributed by atoms with Crippen LogP contribution in [0.15, 0.2) is 53.5 Å². The average molecular weight is 370 g/mol. The molecule has 0 aliphatic rings. The van der Waals surface area contributed by atoms with Gasteiger partial charge in [0.15, 0.2) is 12.4 Å². The molecule has 0 spiro atoms. The average Bonchev–Trinajstić information content (AvgIpc) is 3.14. The molecular formula is C19H18N2O6. The van der Waals surface area contributed by atoms with E-state index in [-0.39, 0.29) is 18.1 Å². The van der Waals surface area contributed by atoms with Crippen molar-refractivity contribution < 1.29 is 28.3 Å². The number of furan rings is 1. The standard InChI is InChI=1S/C19H18N2O6/c1-3-10-20-19(25)21-17(23)11-26-18(24)16-9-8-15(27-16)14-6-4-13(5-7-14)12(2)22/h3-9H,1,10-11H2,2H3,(H2,20,21,23,25). The Morgan fingerprint density at radius 1 is 1.11 bits per heavy atom. The normalized spacial score (nSPS) is 9.96. The van der Waals surface area contributed by atoms with Gasteiger partial charge in [0.25, 0.3) is 5.91 Å². The highest BCUT2D eigenvalue weighted by Gasteiger charge is 2.16. The summed E-state index contributed by atoms with van der Waals surface area (Å²) in [6.45, 7) is 4.45. The Bertz CT molecular complexity index is 867. The highest BCUT2D eigenvalue weighted by Crippen LogP contribution is 2.23. The van der Waals surface area contributed by atoms with Crippen molar-refractivity contribution in [1.82, 2.24) is 10.6 Å². The summed E-state index contributed by atoms with van der Waals surface area (Å²) in [4.78, 5) is 46.0. The van der Waals surface area contributed by atoms with Crippen molar-refractivity contribution in [3.05, 3.63) is 60.4 Å². The largest absolute Gasteiger partial charge is 0.450 e. The van der Waals surface area contributed by atoms with E-state index in [9.17, 15) is 19.2 Å². The highest BCUT2D eigenvalue weighted by atomic mass is 16.5. The monoisotopic (exact) mass is 370 g/mol. The van der Waals surface area contributed by atoms with Crippen LogP contribution >= 0.6 is 0 Å². The maximum absolute atomic E-state index is 11.9. The lowest BCUT2D eigenvalue weighted by molar-refractivity contribution is -0.123. The highest BCUT2D eigenvalue weighted by molar-refractivity contribution is 5.96. The van der Waals surface area contributed by atoms with Gasteiger partial charge in [-0.25, -0.2) is 9.59 Å². The zero-order valence-electron chi connectivity index (χ0n) is 14.6. The fraction of sp³-hybridized carbons (Fsp3) is 0.158. The topological polar surface area (TPSA) is 115 Å². The maximum atomic E-state index is 11.9. The van der Waals surface area contributed by atoms with Gasteiger partial charge in [0, 0.05) is 17.7 Å². The van der Waals surface area contributed by atoms with Gasteiger partial charge in [-0.2, -0.15) is 0 Å². The van der Waals surface area contributed by atoms with Crippen molar-refractivity contribution in [3.8, 4) is 11.3 Å². The molecule has 1 aromatic heterocycles. The summed E-state index contributed by atoms with van der Waals surface area (Å²) in [6, 6.07) is 8.96. The van der Waals surface area contributed by atoms with E-state index in [1.807, 2.05) is 5.32 Å². The Balaban J connectivity index is 1.90. The lowest BCUT2D eigenvalue weighted by atomic mass is 10.1. The number of hydrogen-bond acceptors (Lipinski definition) is 6. The van der Waals surface area contributed by atoms with E-state index in [0.717, 1.165) is 0 Å². The number of hydrogen-bond donors (Lipinski definition) is 2. The zero-order chi connectivity index (χ0) is 19.8. The van der Waals surface area contributed by atoms with Gasteiger partial charge in [-0.05, 0) is 19.1 Å². The second-order valence-electron chi connectivity index (χ2n) is 5.42. The number of carbonyl (C=O) groups is 4. The van der Waals surface area contributed by atoms with Gasteiger partial charge in [0.1, 0.15) is 5.76 Å². The number of ketones is 1. The predicted molar refractivity (Wildman–Crippen MR) is 96.2 cm³/mol. The molecule has 0 atom stereocenters. The first kappa shape index (κ1) is 19.6. The minimum atomic E-state index is -0.844. The fourth-order valence-electron chi connectivity index (χ4n) is 2.05. The van der Waals surface area contributed by atoms with Crippen LogP contribution in [-0.4, -0.2) is 36.8 Å². The first-order valence-electron chi connectivity index (χ1n) is 7.97. The third kappa shape index (κ3) is 5.67. The molecule has 0 saturated heterocycles. The first-order chi connectivity index (χ1) is 12.9. The van der Waals surface area contributed by atoms with E-state index in [1.165, 1.54) is 19.1 Å². The van der Waals surface area contributed by atoms with Gasteiger partial charge in [0.05, 0.1) is 0 Å². The molecule has 8 heteroatoms. The van der Waals surface area contributed by atoms with E-state index in [2.05, 4.69) is 11.9 Å². The number of benzene rings is 1. The molecule has 0 aliphatic heterocycles. The van der Waals surface area contributed by atoms with E-state index >= 15 is 0 Å². The van der Waals surface area contributed by atoms with Gasteiger partial charge in [-0.1, -0.05) is 30.3 Å². The van der Waals surface area contributed by atoms with Crippen LogP contribution in [-0.2, 0) is 9.53 Å². The van der Waals surface area contributed by atoms with Crippen LogP contribution in [0.3, 0.4) is 0 Å². The number of nitrogens with one attached hydrogen (secondary N) is 2. The zero-order valence-corrected chi connectivity index (χ0v) is 14.6. The van der Waals surface area contributed by atoms with Crippen molar-refractivity contribution >= 4 is 23.7 Å². The minimum absolute atomic E-state index is 0.0540. The van der Waals surface area contributed by atoms with Crippen LogP contribution < -0.4 is 10.6 Å². The molecule has 0 aliphatic carbocycles. The molecule has 3 amide bonds. The number of imide groups is 1. The summed E-state index contributed by atoms with van der Waals surface area (Å²) in [7, 11) is 0. The molecule has 0 bridgehead atoms. The van der Waals surface area contributed by atoms with Crippen molar-refractivity contribution in [2.24, 2.45) is 0 Å². The van der Waals surface area contributed by atoms with Gasteiger partial charge in [-0.15, -0.1) is 6.58 Å². The summed E-state index contributed by atoms with van der Waals surface area (Å²) >= 11 is 0. The number of amides is 3. The van der Waals surface area contributed by atoms with Gasteiger partial charge < -0.3 is 14.5 Å². The summed E-state index contributed by atoms with van der Waals surface area (Å²) in [5, 5.41) is 4.34. The Morgan fingerprint density at radius 3 is 2.44 bits per heavy atom. The molecule has 0 unspecified atom stereocenters. The molecule has 1 heterocycles. The molecule has 0 radical (unpaired) electrons. The Morgan fingerprint density at radius 2 is 1.81 bits per heavy atom. The predicted octanol–water partition coefficient (Wildman–Crippen LogP) is 2.32. The van der Waals surface area contributed by atoms with Crippen LogP contribution in [0.5, 0.6) is 0 Å². The van der Waals surface area contributed by atoms with Crippen molar-refractivity contribution in [2.45, 2.75) is 6.92 Å². The van der Waals surface area contributed by atoms with E-state index in [0.29, 0.717) is 16.9 Å². The molecule has 8 nitrogen and oxygen atoms in total. The van der Waals surface area contributed by atoms with Gasteiger partial charge in [0.2, 0.25) is 5.76 Å². The molecule has 140 valence electrons. The summed E-state index contributed by atoms with van der Waals surface area (Å²) in [5.41, 5.74) is 1.24. The van der Waals surface area contributed by atoms with E-state index in [1.54, 1.807) is 30.3 Å². The first-order valence-corrected chi connectivity index (χ1v) is 7.97. The number of Topliss-reactive ketones (excluding diaryl/α,β-unsaturated/α-hetero) is 1. The lowest BCUT2D eigenvalue weighted by Crippen LogP contribution is -2.41. The minimum Gasteiger partial charge on any atom is -0.450 e. The number of rotatable bonds is 7. The van der Waals surface area contributed by atoms with Crippen LogP contribution in [0.2, 0.25) is 0 Å². The second kappa shape index (κ2) is 9.14. The molecule has 0 fully saturated rings. The molecule has 2 aromatic rings. The summed E-state index contributed by atoms with van der Waals surface area (Å²) < 4.78 is 10.2. The maximum Gasteiger partial charge on any atom is 0.374 e. The number of ether oxygens (including phenoxy) is 1. The van der Waals surface area contributed by atoms with E-state index < -0.39 is 24.5 Å². The van der Waals surface area contributed by atoms with E-state index in [4.69, 9.17) is 9.15 Å². The Hall–Kier alpha value is -3.68. The van der Waals surface area contributed by atoms with Gasteiger partial charge >= 0.3 is 12.0 Å². The number of carbonyl (C=O) groups excluding carboxylic acids is 4. The van der Waals surface area contributed by atoms with Crippen LogP contribution in [0, 0.1) is 0 Å². The molecular weight excluding hydrogens is 352 g/mol. The third-order valence-electron chi connectivity index (χ3n) is 3.38. The lowest BCUT2D eigenvalue weighted by Gasteiger charge is -2.05. The molecule has 1 aromatic carbocycles. The van der Waals surface area contributed by atoms with Crippen molar-refractivity contribution in [2.75, 3.05) is 13.2 Å². The summed E-state index contributed by atoms with van der Waals surface area (Å²) in [5.74, 6) is -1.36. The molecule has 2 rings (SSSR count). The van der Waals surface area contributed by atoms with Gasteiger partial charge in [-0.3, -0.25) is 14.9 Å². The number of esters is 1. The molecule has 27 heavy (non-hydrogen) atoms. The Labute approximate surface area is 155 Å². The van der Waals surface area contributed by atoms with Crippen molar-refractivity contribution in [3.63, 3.8) is 0 Å². The van der Waals surface area contributed by atoms with Crippen molar-refractivity contribution in [1.29, 1.82) is 0 Å². The van der Waals surface area contributed by atoms with Crippen LogP contribution in [0.4, 0.5) is 4.79 Å². The fourth-order valence-corrected chi connectivity index (χ4v) is 2.05. The Kier molecular flexibility index (Phi) is 6.65. The molecule has 2 N–H and O–H groups in total. The second-order valence-corrected chi connectivity index (χ2v) is 5.42. The SMILES string of the molecule is C=CCNC(=O)NC(=O)COC(=O)c1ccc(-c2ccc(C(C)=O)cc2)o1. The number of urea groups is 1. The third-order valence-corrected chi connectivity index (χ3v) is 3.38. The summed E-state index contributed by atoms with van der Waals surface area (Å²) in [6.07, 6.45) is 1.45. The smallest absolute Gasteiger partial charge is 0.374 e. The van der Waals surface area contributed by atoms with Crippen LogP contribution in [0.25, 0.3) is 11.3 Å².